The first kappa shape index (κ1) is 14.3. The molecule has 0 radical (unpaired) electrons. The fourth-order valence-corrected chi connectivity index (χ4v) is 1.89. The minimum absolute atomic E-state index is 0.304. The zero-order valence-corrected chi connectivity index (χ0v) is 12.0. The van der Waals surface area contributed by atoms with Crippen LogP contribution in [0.1, 0.15) is 43.1 Å². The molecule has 0 aliphatic rings. The summed E-state index contributed by atoms with van der Waals surface area (Å²) in [7, 11) is 0. The van der Waals surface area contributed by atoms with Gasteiger partial charge in [-0.15, -0.1) is 0 Å². The summed E-state index contributed by atoms with van der Waals surface area (Å²) in [4.78, 5) is 16.3. The first-order valence-corrected chi connectivity index (χ1v) is 6.88. The Morgan fingerprint density at radius 1 is 1.30 bits per heavy atom. The van der Waals surface area contributed by atoms with Gasteiger partial charge in [0.15, 0.2) is 5.65 Å². The fourth-order valence-electron chi connectivity index (χ4n) is 1.89. The number of rotatable bonds is 6. The Kier molecular flexibility index (Phi) is 4.55. The Labute approximate surface area is 117 Å². The van der Waals surface area contributed by atoms with E-state index in [1.807, 2.05) is 13.8 Å². The molecule has 0 N–H and O–H groups in total. The van der Waals surface area contributed by atoms with E-state index in [0.29, 0.717) is 30.3 Å². The number of ether oxygens (including phenoxy) is 2. The smallest absolute Gasteiger partial charge is 0.345 e. The molecule has 6 nitrogen and oxygen atoms in total. The predicted molar refractivity (Wildman–Crippen MR) is 74.1 cm³/mol. The Morgan fingerprint density at radius 2 is 2.10 bits per heavy atom. The van der Waals surface area contributed by atoms with E-state index in [4.69, 9.17) is 9.47 Å². The lowest BCUT2D eigenvalue weighted by Crippen LogP contribution is -2.13. The van der Waals surface area contributed by atoms with E-state index in [-0.39, 0.29) is 0 Å². The minimum Gasteiger partial charge on any atom is -0.477 e. The molecule has 6 heteroatoms. The Bertz CT molecular complexity index is 607. The van der Waals surface area contributed by atoms with Gasteiger partial charge in [0.2, 0.25) is 5.88 Å². The molecule has 20 heavy (non-hydrogen) atoms. The van der Waals surface area contributed by atoms with Crippen molar-refractivity contribution in [3.63, 3.8) is 0 Å². The second kappa shape index (κ2) is 6.36. The molecule has 0 amide bonds. The molecule has 108 valence electrons. The van der Waals surface area contributed by atoms with Crippen LogP contribution in [-0.4, -0.2) is 33.8 Å². The molecule has 0 unspecified atom stereocenters. The van der Waals surface area contributed by atoms with Crippen LogP contribution in [-0.2, 0) is 11.2 Å². The van der Waals surface area contributed by atoms with Crippen LogP contribution in [0.2, 0.25) is 0 Å². The van der Waals surface area contributed by atoms with Crippen LogP contribution in [0.4, 0.5) is 0 Å². The van der Waals surface area contributed by atoms with E-state index in [1.54, 1.807) is 17.6 Å². The molecule has 0 aliphatic heterocycles. The van der Waals surface area contributed by atoms with Gasteiger partial charge in [-0.25, -0.2) is 9.78 Å². The summed E-state index contributed by atoms with van der Waals surface area (Å²) in [5.41, 5.74) is 2.03. The van der Waals surface area contributed by atoms with Gasteiger partial charge in [0.05, 0.1) is 19.4 Å². The van der Waals surface area contributed by atoms with E-state index >= 15 is 0 Å². The summed E-state index contributed by atoms with van der Waals surface area (Å²) in [6.45, 7) is 6.61. The van der Waals surface area contributed by atoms with Gasteiger partial charge in [-0.05, 0) is 19.8 Å². The number of aromatic nitrogens is 3. The number of hydrogen-bond acceptors (Lipinski definition) is 5. The monoisotopic (exact) mass is 277 g/mol. The van der Waals surface area contributed by atoms with Crippen LogP contribution >= 0.6 is 0 Å². The number of aryl methyl sites for hydroxylation is 1. The van der Waals surface area contributed by atoms with Gasteiger partial charge >= 0.3 is 5.97 Å². The molecular formula is C14H19N3O3. The largest absolute Gasteiger partial charge is 0.477 e. The second-order valence-corrected chi connectivity index (χ2v) is 4.30. The number of carbonyl (C=O) groups is 1. The molecule has 2 heterocycles. The zero-order valence-electron chi connectivity index (χ0n) is 12.0. The molecule has 0 fully saturated rings. The maximum atomic E-state index is 12.0. The maximum absolute atomic E-state index is 12.0. The summed E-state index contributed by atoms with van der Waals surface area (Å²) in [6.07, 6.45) is 4.91. The van der Waals surface area contributed by atoms with Crippen LogP contribution in [0.25, 0.3) is 5.65 Å². The van der Waals surface area contributed by atoms with Crippen molar-refractivity contribution < 1.29 is 14.3 Å². The van der Waals surface area contributed by atoms with Crippen LogP contribution in [0.3, 0.4) is 0 Å². The first-order valence-electron chi connectivity index (χ1n) is 6.88. The summed E-state index contributed by atoms with van der Waals surface area (Å²) in [5, 5.41) is 4.27. The van der Waals surface area contributed by atoms with Crippen molar-refractivity contribution in [3.8, 4) is 5.88 Å². The van der Waals surface area contributed by atoms with Gasteiger partial charge in [-0.3, -0.25) is 0 Å². The SMILES string of the molecule is CCCOc1c(C(=O)OCC)cnc2c(CC)cnn12. The third-order valence-electron chi connectivity index (χ3n) is 2.87. The first-order chi connectivity index (χ1) is 9.72. The summed E-state index contributed by atoms with van der Waals surface area (Å²) < 4.78 is 12.3. The van der Waals surface area contributed by atoms with Gasteiger partial charge in [-0.1, -0.05) is 13.8 Å². The van der Waals surface area contributed by atoms with Gasteiger partial charge in [0.25, 0.3) is 0 Å². The molecule has 0 saturated heterocycles. The number of esters is 1. The highest BCUT2D eigenvalue weighted by molar-refractivity contribution is 5.92. The predicted octanol–water partition coefficient (Wildman–Crippen LogP) is 2.26. The van der Waals surface area contributed by atoms with Crippen molar-refractivity contribution in [3.05, 3.63) is 23.5 Å². The molecule has 0 saturated carbocycles. The van der Waals surface area contributed by atoms with E-state index in [0.717, 1.165) is 18.4 Å². The average molecular weight is 277 g/mol. The van der Waals surface area contributed by atoms with E-state index < -0.39 is 5.97 Å². The fraction of sp³-hybridized carbons (Fsp3) is 0.500. The Morgan fingerprint density at radius 3 is 2.75 bits per heavy atom. The van der Waals surface area contributed by atoms with Crippen molar-refractivity contribution in [2.75, 3.05) is 13.2 Å². The molecule has 2 aromatic heterocycles. The molecular weight excluding hydrogens is 258 g/mol. The lowest BCUT2D eigenvalue weighted by Gasteiger charge is -2.11. The highest BCUT2D eigenvalue weighted by atomic mass is 16.5. The van der Waals surface area contributed by atoms with Gasteiger partial charge in [0, 0.05) is 11.8 Å². The lowest BCUT2D eigenvalue weighted by molar-refractivity contribution is 0.0519. The highest BCUT2D eigenvalue weighted by Gasteiger charge is 2.20. The van der Waals surface area contributed by atoms with Gasteiger partial charge < -0.3 is 9.47 Å². The standard InChI is InChI=1S/C14H19N3O3/c1-4-7-20-13-11(14(18)19-6-3)9-15-12-10(5-2)8-16-17(12)13/h8-9H,4-7H2,1-3H3. The molecule has 2 rings (SSSR count). The van der Waals surface area contributed by atoms with Crippen LogP contribution in [0, 0.1) is 0 Å². The number of fused-ring (bicyclic) bond motifs is 1. The highest BCUT2D eigenvalue weighted by Crippen LogP contribution is 2.22. The summed E-state index contributed by atoms with van der Waals surface area (Å²) in [5.74, 6) is -0.0449. The molecule has 0 aliphatic carbocycles. The van der Waals surface area contributed by atoms with Crippen LogP contribution < -0.4 is 4.74 Å². The topological polar surface area (TPSA) is 65.7 Å². The Hall–Kier alpha value is -2.11. The third kappa shape index (κ3) is 2.59. The normalized spacial score (nSPS) is 10.8. The molecule has 0 bridgehead atoms. The molecule has 0 spiro atoms. The Balaban J connectivity index is 2.53. The second-order valence-electron chi connectivity index (χ2n) is 4.30. The minimum atomic E-state index is -0.443. The van der Waals surface area contributed by atoms with E-state index in [9.17, 15) is 4.79 Å². The summed E-state index contributed by atoms with van der Waals surface area (Å²) >= 11 is 0. The summed E-state index contributed by atoms with van der Waals surface area (Å²) in [6, 6.07) is 0. The molecule has 2 aromatic rings. The van der Waals surface area contributed by atoms with Crippen LogP contribution in [0.15, 0.2) is 12.4 Å². The van der Waals surface area contributed by atoms with Crippen molar-refractivity contribution in [1.29, 1.82) is 0 Å². The van der Waals surface area contributed by atoms with Gasteiger partial charge in [0.1, 0.15) is 5.56 Å². The van der Waals surface area contributed by atoms with E-state index in [1.165, 1.54) is 6.20 Å². The maximum Gasteiger partial charge on any atom is 0.345 e. The van der Waals surface area contributed by atoms with Crippen molar-refractivity contribution in [1.82, 2.24) is 14.6 Å². The van der Waals surface area contributed by atoms with Crippen molar-refractivity contribution in [2.24, 2.45) is 0 Å². The van der Waals surface area contributed by atoms with Crippen molar-refractivity contribution >= 4 is 11.6 Å². The zero-order chi connectivity index (χ0) is 14.5. The molecule has 0 atom stereocenters. The van der Waals surface area contributed by atoms with Crippen molar-refractivity contribution in [2.45, 2.75) is 33.6 Å². The van der Waals surface area contributed by atoms with Gasteiger partial charge in [-0.2, -0.15) is 9.61 Å². The number of carbonyl (C=O) groups excluding carboxylic acids is 1. The lowest BCUT2D eigenvalue weighted by atomic mass is 10.2. The van der Waals surface area contributed by atoms with E-state index in [2.05, 4.69) is 10.1 Å². The molecule has 0 aromatic carbocycles. The average Bonchev–Trinajstić information content (AvgIpc) is 2.88. The number of hydrogen-bond donors (Lipinski definition) is 0. The quantitative estimate of drug-likeness (QED) is 0.758. The van der Waals surface area contributed by atoms with Crippen LogP contribution in [0.5, 0.6) is 5.88 Å². The third-order valence-corrected chi connectivity index (χ3v) is 2.87. The number of nitrogens with zero attached hydrogens (tertiary/aromatic N) is 3.